The van der Waals surface area contributed by atoms with Crippen molar-refractivity contribution in [2.24, 2.45) is 0 Å². The summed E-state index contributed by atoms with van der Waals surface area (Å²) in [5.74, 6) is 0. The van der Waals surface area contributed by atoms with Crippen molar-refractivity contribution in [3.63, 3.8) is 0 Å². The summed E-state index contributed by atoms with van der Waals surface area (Å²) in [4.78, 5) is 32.5. The number of thiocarbonyl (C=S) groups is 1. The van der Waals surface area contributed by atoms with Crippen LogP contribution in [0.3, 0.4) is 0 Å². The summed E-state index contributed by atoms with van der Waals surface area (Å²) in [6.07, 6.45) is 2.00. The molecule has 2 aliphatic heterocycles. The average molecular weight is 451 g/mol. The average Bonchev–Trinajstić information content (AvgIpc) is 3.41. The third kappa shape index (κ3) is 3.61. The number of fused-ring (bicyclic) bond motifs is 1. The Morgan fingerprint density at radius 2 is 2.00 bits per heavy atom. The van der Waals surface area contributed by atoms with Crippen molar-refractivity contribution in [3.8, 4) is 0 Å². The number of thiophene rings is 1. The Morgan fingerprint density at radius 1 is 1.23 bits per heavy atom. The lowest BCUT2D eigenvalue weighted by Gasteiger charge is -2.24. The molecule has 9 heteroatoms. The van der Waals surface area contributed by atoms with E-state index in [1.165, 1.54) is 4.57 Å². The predicted molar refractivity (Wildman–Crippen MR) is 125 cm³/mol. The molecule has 0 bridgehead atoms. The van der Waals surface area contributed by atoms with E-state index in [0.717, 1.165) is 52.9 Å². The molecule has 0 radical (unpaired) electrons. The van der Waals surface area contributed by atoms with Crippen LogP contribution in [-0.2, 0) is 24.4 Å². The summed E-state index contributed by atoms with van der Waals surface area (Å²) in [5, 5.41) is 1.53. The zero-order valence-electron chi connectivity index (χ0n) is 18.1. The second-order valence-corrected chi connectivity index (χ2v) is 9.85. The molecule has 0 aliphatic carbocycles. The van der Waals surface area contributed by atoms with Crippen LogP contribution in [0.25, 0.3) is 10.2 Å². The van der Waals surface area contributed by atoms with Crippen LogP contribution in [0.4, 0.5) is 0 Å². The third-order valence-corrected chi connectivity index (χ3v) is 8.00. The molecule has 0 N–H and O–H groups in total. The van der Waals surface area contributed by atoms with Gasteiger partial charge in [0.1, 0.15) is 4.83 Å². The molecule has 0 aromatic carbocycles. The lowest BCUT2D eigenvalue weighted by Crippen LogP contribution is -2.40. The van der Waals surface area contributed by atoms with Gasteiger partial charge in [0, 0.05) is 37.2 Å². The third-order valence-electron chi connectivity index (χ3n) is 6.20. The van der Waals surface area contributed by atoms with Crippen LogP contribution < -0.4 is 11.2 Å². The lowest BCUT2D eigenvalue weighted by atomic mass is 10.2. The molecule has 0 amide bonds. The van der Waals surface area contributed by atoms with Crippen LogP contribution in [0.5, 0.6) is 0 Å². The molecule has 7 nitrogen and oxygen atoms in total. The van der Waals surface area contributed by atoms with Crippen molar-refractivity contribution in [3.05, 3.63) is 31.3 Å². The molecule has 4 rings (SSSR count). The molecule has 2 saturated heterocycles. The van der Waals surface area contributed by atoms with Gasteiger partial charge >= 0.3 is 5.69 Å². The van der Waals surface area contributed by atoms with Gasteiger partial charge in [0.25, 0.3) is 5.56 Å². The van der Waals surface area contributed by atoms with Gasteiger partial charge in [0.2, 0.25) is 0 Å². The summed E-state index contributed by atoms with van der Waals surface area (Å²) in [6.45, 7) is 12.2. The minimum absolute atomic E-state index is 0.0327. The molecule has 2 aromatic rings. The van der Waals surface area contributed by atoms with Crippen molar-refractivity contribution in [2.75, 3.05) is 19.7 Å². The fourth-order valence-corrected chi connectivity index (χ4v) is 6.20. The van der Waals surface area contributed by atoms with Crippen molar-refractivity contribution in [1.82, 2.24) is 18.9 Å². The normalized spacial score (nSPS) is 19.8. The highest BCUT2D eigenvalue weighted by atomic mass is 32.1. The van der Waals surface area contributed by atoms with Crippen molar-refractivity contribution >= 4 is 38.9 Å². The first-order chi connectivity index (χ1) is 14.3. The lowest BCUT2D eigenvalue weighted by molar-refractivity contribution is 0.0966. The van der Waals surface area contributed by atoms with Gasteiger partial charge in [-0.05, 0) is 58.3 Å². The first kappa shape index (κ1) is 21.5. The van der Waals surface area contributed by atoms with E-state index in [1.807, 2.05) is 13.8 Å². The van der Waals surface area contributed by atoms with Crippen molar-refractivity contribution < 1.29 is 4.74 Å². The Labute approximate surface area is 185 Å². The van der Waals surface area contributed by atoms with Gasteiger partial charge in [-0.1, -0.05) is 0 Å². The van der Waals surface area contributed by atoms with E-state index in [1.54, 1.807) is 15.9 Å². The Kier molecular flexibility index (Phi) is 6.05. The highest BCUT2D eigenvalue weighted by molar-refractivity contribution is 7.80. The summed E-state index contributed by atoms with van der Waals surface area (Å²) in [5.41, 5.74) is 0.545. The smallest absolute Gasteiger partial charge is 0.332 e. The summed E-state index contributed by atoms with van der Waals surface area (Å²) >= 11 is 7.24. The van der Waals surface area contributed by atoms with Crippen LogP contribution in [0.15, 0.2) is 9.59 Å². The number of aromatic nitrogens is 2. The predicted octanol–water partition coefficient (Wildman–Crippen LogP) is 2.54. The Bertz CT molecular complexity index is 1080. The number of rotatable bonds is 6. The van der Waals surface area contributed by atoms with Crippen LogP contribution in [0, 0.1) is 6.92 Å². The molecule has 1 atom stereocenters. The van der Waals surface area contributed by atoms with Gasteiger partial charge in [-0.15, -0.1) is 11.3 Å². The first-order valence-corrected chi connectivity index (χ1v) is 12.0. The highest BCUT2D eigenvalue weighted by Gasteiger charge is 2.29. The molecular formula is C21H30N4O3S2. The van der Waals surface area contributed by atoms with Crippen molar-refractivity contribution in [2.45, 2.75) is 72.3 Å². The van der Waals surface area contributed by atoms with Gasteiger partial charge in [0.05, 0.1) is 24.6 Å². The summed E-state index contributed by atoms with van der Waals surface area (Å²) in [6, 6.07) is 0.374. The van der Waals surface area contributed by atoms with Crippen LogP contribution in [0.2, 0.25) is 0 Å². The summed E-state index contributed by atoms with van der Waals surface area (Å²) in [7, 11) is 0. The molecule has 2 aromatic heterocycles. The van der Waals surface area contributed by atoms with E-state index < -0.39 is 0 Å². The molecule has 0 saturated carbocycles. The summed E-state index contributed by atoms with van der Waals surface area (Å²) < 4.78 is 8.90. The number of nitrogens with zero attached hydrogens (tertiary/aromatic N) is 4. The van der Waals surface area contributed by atoms with Crippen LogP contribution in [0.1, 0.15) is 44.1 Å². The number of hydrogen-bond acceptors (Lipinski definition) is 5. The molecular weight excluding hydrogens is 420 g/mol. The standard InChI is InChI=1S/C21H30N4O3S2/c1-5-23-18(26)17-14(4)16(12-22-8-9-24(13(2)3)21(22)29)30-19(17)25(20(23)27)11-15-7-6-10-28-15/h13,15H,5-12H2,1-4H3. The van der Waals surface area contributed by atoms with E-state index in [2.05, 4.69) is 23.6 Å². The van der Waals surface area contributed by atoms with Crippen LogP contribution >= 0.6 is 23.6 Å². The number of ether oxygens (including phenoxy) is 1. The van der Waals surface area contributed by atoms with E-state index in [-0.39, 0.29) is 17.4 Å². The Hall–Kier alpha value is -1.71. The zero-order chi connectivity index (χ0) is 21.6. The molecule has 2 aliphatic rings. The van der Waals surface area contributed by atoms with Gasteiger partial charge in [0.15, 0.2) is 5.11 Å². The molecule has 0 spiro atoms. The molecule has 4 heterocycles. The number of aryl methyl sites for hydroxylation is 1. The van der Waals surface area contributed by atoms with Gasteiger partial charge in [-0.2, -0.15) is 0 Å². The molecule has 1 unspecified atom stereocenters. The molecule has 164 valence electrons. The minimum Gasteiger partial charge on any atom is -0.376 e. The van der Waals surface area contributed by atoms with Gasteiger partial charge in [-0.3, -0.25) is 13.9 Å². The quantitative estimate of drug-likeness (QED) is 0.631. The highest BCUT2D eigenvalue weighted by Crippen LogP contribution is 2.31. The maximum Gasteiger partial charge on any atom is 0.332 e. The second kappa shape index (κ2) is 8.43. The maximum atomic E-state index is 13.1. The minimum atomic E-state index is -0.235. The van der Waals surface area contributed by atoms with E-state index in [0.29, 0.717) is 31.1 Å². The van der Waals surface area contributed by atoms with E-state index >= 15 is 0 Å². The SMILES string of the molecule is CCn1c(=O)c2c(C)c(CN3CCN(C(C)C)C3=S)sc2n(CC2CCCO2)c1=O. The molecule has 30 heavy (non-hydrogen) atoms. The monoisotopic (exact) mass is 450 g/mol. The van der Waals surface area contributed by atoms with Gasteiger partial charge in [-0.25, -0.2) is 4.79 Å². The fourth-order valence-electron chi connectivity index (χ4n) is 4.42. The fraction of sp³-hybridized carbons (Fsp3) is 0.667. The Morgan fingerprint density at radius 3 is 2.60 bits per heavy atom. The van der Waals surface area contributed by atoms with E-state index in [9.17, 15) is 9.59 Å². The topological polar surface area (TPSA) is 59.7 Å². The second-order valence-electron chi connectivity index (χ2n) is 8.40. The maximum absolute atomic E-state index is 13.1. The van der Waals surface area contributed by atoms with Crippen LogP contribution in [-0.4, -0.2) is 55.9 Å². The van der Waals surface area contributed by atoms with Crippen molar-refractivity contribution in [1.29, 1.82) is 0 Å². The first-order valence-electron chi connectivity index (χ1n) is 10.8. The van der Waals surface area contributed by atoms with E-state index in [4.69, 9.17) is 17.0 Å². The Balaban J connectivity index is 1.77. The van der Waals surface area contributed by atoms with Gasteiger partial charge < -0.3 is 14.5 Å². The number of hydrogen-bond donors (Lipinski definition) is 0. The largest absolute Gasteiger partial charge is 0.376 e. The zero-order valence-corrected chi connectivity index (χ0v) is 19.8. The molecule has 2 fully saturated rings.